The van der Waals surface area contributed by atoms with Gasteiger partial charge in [-0.05, 0) is 18.6 Å². The van der Waals surface area contributed by atoms with E-state index in [0.29, 0.717) is 28.2 Å². The van der Waals surface area contributed by atoms with Crippen molar-refractivity contribution in [2.45, 2.75) is 19.9 Å². The van der Waals surface area contributed by atoms with E-state index in [0.717, 1.165) is 6.42 Å². The van der Waals surface area contributed by atoms with Crippen molar-refractivity contribution in [3.05, 3.63) is 27.5 Å². The van der Waals surface area contributed by atoms with Crippen molar-refractivity contribution < 1.29 is 4.42 Å². The van der Waals surface area contributed by atoms with Gasteiger partial charge in [0.2, 0.25) is 16.1 Å². The van der Waals surface area contributed by atoms with E-state index in [-0.39, 0.29) is 5.56 Å². The molecule has 3 aromatic rings. The predicted molar refractivity (Wildman–Crippen MR) is 64.7 cm³/mol. The Labute approximate surface area is 100 Å². The van der Waals surface area contributed by atoms with Crippen molar-refractivity contribution in [2.24, 2.45) is 0 Å². The van der Waals surface area contributed by atoms with Gasteiger partial charge in [0.25, 0.3) is 5.56 Å². The van der Waals surface area contributed by atoms with E-state index in [4.69, 9.17) is 16.6 Å². The van der Waals surface area contributed by atoms with Gasteiger partial charge in [-0.1, -0.05) is 6.92 Å². The van der Waals surface area contributed by atoms with Crippen LogP contribution in [0.5, 0.6) is 0 Å². The summed E-state index contributed by atoms with van der Waals surface area (Å²) >= 11 is 5.16. The molecule has 17 heavy (non-hydrogen) atoms. The Balaban J connectivity index is 2.63. The summed E-state index contributed by atoms with van der Waals surface area (Å²) in [4.78, 5) is 12.2. The van der Waals surface area contributed by atoms with Crippen LogP contribution < -0.4 is 5.56 Å². The van der Waals surface area contributed by atoms with Crippen molar-refractivity contribution in [3.63, 3.8) is 0 Å². The monoisotopic (exact) mass is 250 g/mol. The Bertz CT molecular complexity index is 807. The summed E-state index contributed by atoms with van der Waals surface area (Å²) in [5, 5.41) is 6.79. The normalized spacial score (nSPS) is 11.6. The van der Waals surface area contributed by atoms with Crippen LogP contribution in [0.4, 0.5) is 0 Å². The topological polar surface area (TPSA) is 68.2 Å². The minimum Gasteiger partial charge on any atom is -0.457 e. The first-order chi connectivity index (χ1) is 8.24. The van der Waals surface area contributed by atoms with Gasteiger partial charge in [0.15, 0.2) is 0 Å². The van der Waals surface area contributed by atoms with Crippen molar-refractivity contribution in [1.29, 1.82) is 0 Å². The van der Waals surface area contributed by atoms with E-state index >= 15 is 0 Å². The first kappa shape index (κ1) is 10.3. The maximum atomic E-state index is 12.2. The zero-order chi connectivity index (χ0) is 12.0. The fourth-order valence-electron chi connectivity index (χ4n) is 1.96. The van der Waals surface area contributed by atoms with Crippen LogP contribution in [0.25, 0.3) is 16.9 Å². The van der Waals surface area contributed by atoms with Gasteiger partial charge in [0.05, 0.1) is 6.26 Å². The standard InChI is InChI=1S/C10H10N4O2S/c1-2-4-13-8(15)7-6(3-5-16-7)14-9(13)11-12-10(14)17/h3,5H,2,4H2,1H3,(H,12,17). The molecule has 0 saturated carbocycles. The van der Waals surface area contributed by atoms with Crippen LogP contribution in [0.1, 0.15) is 13.3 Å². The van der Waals surface area contributed by atoms with Crippen LogP contribution in [-0.4, -0.2) is 19.2 Å². The van der Waals surface area contributed by atoms with E-state index in [1.165, 1.54) is 6.26 Å². The van der Waals surface area contributed by atoms with Gasteiger partial charge in [0.1, 0.15) is 5.52 Å². The van der Waals surface area contributed by atoms with Crippen LogP contribution in [0, 0.1) is 4.77 Å². The molecule has 1 N–H and O–H groups in total. The molecule has 0 aliphatic heterocycles. The van der Waals surface area contributed by atoms with Crippen molar-refractivity contribution in [1.82, 2.24) is 19.2 Å². The first-order valence-electron chi connectivity index (χ1n) is 5.31. The van der Waals surface area contributed by atoms with Crippen molar-refractivity contribution in [2.75, 3.05) is 0 Å². The number of aromatic nitrogens is 4. The number of aryl methyl sites for hydroxylation is 1. The fraction of sp³-hybridized carbons (Fsp3) is 0.300. The van der Waals surface area contributed by atoms with Gasteiger partial charge in [-0.3, -0.25) is 9.36 Å². The number of furan rings is 1. The quantitative estimate of drug-likeness (QED) is 0.703. The van der Waals surface area contributed by atoms with Gasteiger partial charge in [-0.15, -0.1) is 5.10 Å². The van der Waals surface area contributed by atoms with Crippen LogP contribution >= 0.6 is 12.2 Å². The van der Waals surface area contributed by atoms with Gasteiger partial charge in [-0.25, -0.2) is 9.50 Å². The van der Waals surface area contributed by atoms with E-state index < -0.39 is 0 Å². The summed E-state index contributed by atoms with van der Waals surface area (Å²) in [6.07, 6.45) is 2.32. The molecule has 0 amide bonds. The summed E-state index contributed by atoms with van der Waals surface area (Å²) in [5.74, 6) is 0.524. The molecule has 0 bridgehead atoms. The lowest BCUT2D eigenvalue weighted by atomic mass is 10.4. The van der Waals surface area contributed by atoms with Crippen LogP contribution in [0.3, 0.4) is 0 Å². The third kappa shape index (κ3) is 1.29. The molecular formula is C10H10N4O2S. The predicted octanol–water partition coefficient (Wildman–Crippen LogP) is 1.71. The third-order valence-electron chi connectivity index (χ3n) is 2.67. The zero-order valence-electron chi connectivity index (χ0n) is 9.14. The van der Waals surface area contributed by atoms with Crippen LogP contribution in [0.2, 0.25) is 0 Å². The number of hydrogen-bond acceptors (Lipinski definition) is 4. The Hall–Kier alpha value is -1.89. The third-order valence-corrected chi connectivity index (χ3v) is 2.94. The molecule has 0 radical (unpaired) electrons. The Kier molecular flexibility index (Phi) is 2.15. The second-order valence-corrected chi connectivity index (χ2v) is 4.14. The maximum Gasteiger partial charge on any atom is 0.298 e. The smallest absolute Gasteiger partial charge is 0.298 e. The van der Waals surface area contributed by atoms with Crippen LogP contribution in [-0.2, 0) is 6.54 Å². The molecule has 6 nitrogen and oxygen atoms in total. The van der Waals surface area contributed by atoms with Gasteiger partial charge in [0, 0.05) is 12.6 Å². The maximum absolute atomic E-state index is 12.2. The summed E-state index contributed by atoms with van der Waals surface area (Å²) in [7, 11) is 0. The summed E-state index contributed by atoms with van der Waals surface area (Å²) in [6, 6.07) is 1.71. The zero-order valence-corrected chi connectivity index (χ0v) is 9.95. The SMILES string of the molecule is CCCn1c(=O)c2occc2n2c(=S)[nH]nc12. The molecular weight excluding hydrogens is 240 g/mol. The highest BCUT2D eigenvalue weighted by Gasteiger charge is 2.14. The van der Waals surface area contributed by atoms with Gasteiger partial charge in [-0.2, -0.15) is 0 Å². The summed E-state index contributed by atoms with van der Waals surface area (Å²) < 4.78 is 8.96. The number of rotatable bonds is 2. The van der Waals surface area contributed by atoms with Gasteiger partial charge >= 0.3 is 0 Å². The molecule has 88 valence electrons. The molecule has 0 spiro atoms. The molecule has 0 aliphatic rings. The average Bonchev–Trinajstić information content (AvgIpc) is 2.90. The minimum absolute atomic E-state index is 0.173. The number of nitrogens with one attached hydrogen (secondary N) is 1. The van der Waals surface area contributed by atoms with E-state index in [2.05, 4.69) is 10.2 Å². The second kappa shape index (κ2) is 3.56. The summed E-state index contributed by atoms with van der Waals surface area (Å²) in [5.41, 5.74) is 0.785. The lowest BCUT2D eigenvalue weighted by Crippen LogP contribution is -2.22. The lowest BCUT2D eigenvalue weighted by Gasteiger charge is -2.05. The molecule has 7 heteroatoms. The highest BCUT2D eigenvalue weighted by molar-refractivity contribution is 7.71. The van der Waals surface area contributed by atoms with Crippen molar-refractivity contribution in [3.8, 4) is 0 Å². The molecule has 0 aromatic carbocycles. The Morgan fingerprint density at radius 3 is 3.18 bits per heavy atom. The van der Waals surface area contributed by atoms with Gasteiger partial charge < -0.3 is 4.42 Å². The molecule has 3 heterocycles. The number of nitrogens with zero attached hydrogens (tertiary/aromatic N) is 3. The fourth-order valence-corrected chi connectivity index (χ4v) is 2.19. The molecule has 0 saturated heterocycles. The molecule has 3 aromatic heterocycles. The average molecular weight is 250 g/mol. The first-order valence-corrected chi connectivity index (χ1v) is 5.72. The minimum atomic E-state index is -0.173. The molecule has 0 fully saturated rings. The van der Waals surface area contributed by atoms with E-state index in [9.17, 15) is 4.79 Å². The highest BCUT2D eigenvalue weighted by atomic mass is 32.1. The number of H-pyrrole nitrogens is 1. The Morgan fingerprint density at radius 2 is 2.41 bits per heavy atom. The lowest BCUT2D eigenvalue weighted by molar-refractivity contribution is 0.591. The number of fused-ring (bicyclic) bond motifs is 3. The van der Waals surface area contributed by atoms with E-state index in [1.807, 2.05) is 6.92 Å². The van der Waals surface area contributed by atoms with Crippen molar-refractivity contribution >= 4 is 29.1 Å². The molecule has 0 aliphatic carbocycles. The molecule has 0 atom stereocenters. The molecule has 3 rings (SSSR count). The number of aromatic amines is 1. The van der Waals surface area contributed by atoms with Crippen LogP contribution in [0.15, 0.2) is 21.5 Å². The molecule has 0 unspecified atom stereocenters. The number of hydrogen-bond donors (Lipinski definition) is 1. The largest absolute Gasteiger partial charge is 0.457 e. The van der Waals surface area contributed by atoms with E-state index in [1.54, 1.807) is 15.0 Å². The second-order valence-electron chi connectivity index (χ2n) is 3.76. The summed E-state index contributed by atoms with van der Waals surface area (Å²) in [6.45, 7) is 2.58. The Morgan fingerprint density at radius 1 is 1.59 bits per heavy atom. The highest BCUT2D eigenvalue weighted by Crippen LogP contribution is 2.13.